The first kappa shape index (κ1) is 26.9. The van der Waals surface area contributed by atoms with Crippen LogP contribution in [0.5, 0.6) is 11.5 Å². The number of hydrogen-bond donors (Lipinski definition) is 3. The van der Waals surface area contributed by atoms with E-state index in [1.807, 2.05) is 12.1 Å². The van der Waals surface area contributed by atoms with Gasteiger partial charge >= 0.3 is 11.9 Å². The highest BCUT2D eigenvalue weighted by Crippen LogP contribution is 2.42. The molecule has 0 bridgehead atoms. The van der Waals surface area contributed by atoms with Gasteiger partial charge in [0.1, 0.15) is 12.2 Å². The van der Waals surface area contributed by atoms with Gasteiger partial charge in [-0.2, -0.15) is 0 Å². The van der Waals surface area contributed by atoms with Crippen LogP contribution in [0.2, 0.25) is 0 Å². The summed E-state index contributed by atoms with van der Waals surface area (Å²) in [5, 5.41) is 23.0. The number of nitrogens with one attached hydrogen (secondary N) is 1. The summed E-state index contributed by atoms with van der Waals surface area (Å²) in [5.41, 5.74) is 0.614. The van der Waals surface area contributed by atoms with Gasteiger partial charge < -0.3 is 29.7 Å². The van der Waals surface area contributed by atoms with Crippen LogP contribution in [0, 0.1) is 5.41 Å². The zero-order valence-electron chi connectivity index (χ0n) is 20.3. The summed E-state index contributed by atoms with van der Waals surface area (Å²) in [6, 6.07) is 5.29. The molecule has 1 aromatic carbocycles. The molecule has 1 heterocycles. The summed E-state index contributed by atoms with van der Waals surface area (Å²) in [4.78, 5) is 23.9. The highest BCUT2D eigenvalue weighted by molar-refractivity contribution is 5.66. The minimum absolute atomic E-state index is 0.0742. The number of benzene rings is 1. The van der Waals surface area contributed by atoms with E-state index in [1.54, 1.807) is 13.0 Å². The number of esters is 2. The van der Waals surface area contributed by atoms with E-state index in [9.17, 15) is 19.8 Å². The number of ether oxygens (including phenoxy) is 3. The standard InChI is InChI=1S/C25H39NO7/c1-17(27)6-5-7-21(32-18(2)28)15-24(33-19(3)29)25(10-12-26-13-11-25)16-20-8-9-22(30)23(14-20)31-4/h8-9,14,17,21,24,26-27,30H,5-7,10-13,15-16H2,1-4H3. The average Bonchev–Trinajstić information content (AvgIpc) is 2.74. The third kappa shape index (κ3) is 8.51. The summed E-state index contributed by atoms with van der Waals surface area (Å²) in [5.74, 6) is -0.269. The number of rotatable bonds is 12. The maximum Gasteiger partial charge on any atom is 0.302 e. The average molecular weight is 466 g/mol. The van der Waals surface area contributed by atoms with Crippen LogP contribution in [0.1, 0.15) is 64.9 Å². The van der Waals surface area contributed by atoms with E-state index in [-0.39, 0.29) is 23.1 Å². The van der Waals surface area contributed by atoms with Gasteiger partial charge in [-0.15, -0.1) is 0 Å². The second-order valence-electron chi connectivity index (χ2n) is 9.14. The number of hydrogen-bond acceptors (Lipinski definition) is 8. The van der Waals surface area contributed by atoms with Crippen LogP contribution >= 0.6 is 0 Å². The molecule has 0 saturated carbocycles. The topological polar surface area (TPSA) is 114 Å². The minimum atomic E-state index is -0.451. The van der Waals surface area contributed by atoms with Gasteiger partial charge in [0.2, 0.25) is 0 Å². The lowest BCUT2D eigenvalue weighted by atomic mass is 9.68. The Balaban J connectivity index is 2.32. The normalized spacial score (nSPS) is 18.1. The molecular formula is C25H39NO7. The molecule has 0 spiro atoms. The molecule has 1 saturated heterocycles. The van der Waals surface area contributed by atoms with E-state index in [0.717, 1.165) is 31.5 Å². The number of aromatic hydroxyl groups is 1. The highest BCUT2D eigenvalue weighted by Gasteiger charge is 2.43. The maximum atomic E-state index is 12.1. The molecule has 0 radical (unpaired) electrons. The van der Waals surface area contributed by atoms with Gasteiger partial charge in [-0.1, -0.05) is 6.07 Å². The van der Waals surface area contributed by atoms with Gasteiger partial charge in [0.05, 0.1) is 13.2 Å². The monoisotopic (exact) mass is 465 g/mol. The van der Waals surface area contributed by atoms with E-state index < -0.39 is 18.3 Å². The molecule has 8 nitrogen and oxygen atoms in total. The van der Waals surface area contributed by atoms with Crippen LogP contribution in [0.3, 0.4) is 0 Å². The highest BCUT2D eigenvalue weighted by atomic mass is 16.6. The number of carbonyl (C=O) groups is 2. The Bertz CT molecular complexity index is 774. The second kappa shape index (κ2) is 12.8. The first-order chi connectivity index (χ1) is 15.6. The van der Waals surface area contributed by atoms with Crippen LogP contribution in [0.15, 0.2) is 18.2 Å². The lowest BCUT2D eigenvalue weighted by Crippen LogP contribution is -2.49. The molecule has 2 rings (SSSR count). The summed E-state index contributed by atoms with van der Waals surface area (Å²) in [6.07, 6.45) is 3.21. The van der Waals surface area contributed by atoms with Crippen LogP contribution in [0.4, 0.5) is 0 Å². The fraction of sp³-hybridized carbons (Fsp3) is 0.680. The Hall–Kier alpha value is -2.32. The number of aliphatic hydroxyl groups excluding tert-OH is 1. The van der Waals surface area contributed by atoms with Crippen molar-refractivity contribution in [2.24, 2.45) is 5.41 Å². The van der Waals surface area contributed by atoms with Crippen LogP contribution < -0.4 is 10.1 Å². The molecule has 3 atom stereocenters. The number of carbonyl (C=O) groups excluding carboxylic acids is 2. The molecule has 0 amide bonds. The van der Waals surface area contributed by atoms with E-state index in [1.165, 1.54) is 21.0 Å². The molecule has 1 aliphatic heterocycles. The predicted octanol–water partition coefficient (Wildman–Crippen LogP) is 3.12. The Morgan fingerprint density at radius 1 is 1.12 bits per heavy atom. The fourth-order valence-corrected chi connectivity index (χ4v) is 4.74. The van der Waals surface area contributed by atoms with Crippen LogP contribution in [0.25, 0.3) is 0 Å². The second-order valence-corrected chi connectivity index (χ2v) is 9.14. The Morgan fingerprint density at radius 3 is 2.36 bits per heavy atom. The van der Waals surface area contributed by atoms with Crippen molar-refractivity contribution in [2.45, 2.75) is 84.0 Å². The van der Waals surface area contributed by atoms with Gasteiger partial charge in [0.25, 0.3) is 0 Å². The molecule has 1 fully saturated rings. The van der Waals surface area contributed by atoms with Crippen LogP contribution in [-0.2, 0) is 25.5 Å². The molecule has 0 aromatic heterocycles. The van der Waals surface area contributed by atoms with Crippen molar-refractivity contribution in [3.63, 3.8) is 0 Å². The summed E-state index contributed by atoms with van der Waals surface area (Å²) < 4.78 is 16.8. The van der Waals surface area contributed by atoms with Crippen LogP contribution in [-0.4, -0.2) is 60.7 Å². The quantitative estimate of drug-likeness (QED) is 0.404. The van der Waals surface area contributed by atoms with Crippen molar-refractivity contribution in [3.05, 3.63) is 23.8 Å². The molecule has 0 aliphatic carbocycles. The summed E-state index contributed by atoms with van der Waals surface area (Å²) in [6.45, 7) is 6.09. The zero-order valence-corrected chi connectivity index (χ0v) is 20.3. The van der Waals surface area contributed by atoms with E-state index in [2.05, 4.69) is 5.32 Å². The first-order valence-electron chi connectivity index (χ1n) is 11.7. The van der Waals surface area contributed by atoms with Gasteiger partial charge in [-0.3, -0.25) is 9.59 Å². The van der Waals surface area contributed by atoms with Crippen molar-refractivity contribution in [1.82, 2.24) is 5.32 Å². The summed E-state index contributed by atoms with van der Waals surface area (Å²) >= 11 is 0. The molecule has 3 unspecified atom stereocenters. The predicted molar refractivity (Wildman–Crippen MR) is 124 cm³/mol. The Labute approximate surface area is 196 Å². The zero-order chi connectivity index (χ0) is 24.4. The third-order valence-electron chi connectivity index (χ3n) is 6.35. The molecular weight excluding hydrogens is 426 g/mol. The van der Waals surface area contributed by atoms with E-state index in [0.29, 0.717) is 37.9 Å². The number of phenolic OH excluding ortho intramolecular Hbond substituents is 1. The lowest BCUT2D eigenvalue weighted by Gasteiger charge is -2.44. The van der Waals surface area contributed by atoms with E-state index in [4.69, 9.17) is 14.2 Å². The van der Waals surface area contributed by atoms with Crippen molar-refractivity contribution in [2.75, 3.05) is 20.2 Å². The third-order valence-corrected chi connectivity index (χ3v) is 6.35. The largest absolute Gasteiger partial charge is 0.504 e. The Morgan fingerprint density at radius 2 is 1.79 bits per heavy atom. The smallest absolute Gasteiger partial charge is 0.302 e. The molecule has 1 aromatic rings. The van der Waals surface area contributed by atoms with Crippen molar-refractivity contribution in [1.29, 1.82) is 0 Å². The molecule has 1 aliphatic rings. The molecule has 3 N–H and O–H groups in total. The maximum absolute atomic E-state index is 12.1. The molecule has 186 valence electrons. The molecule has 8 heteroatoms. The fourth-order valence-electron chi connectivity index (χ4n) is 4.74. The van der Waals surface area contributed by atoms with Gasteiger partial charge in [-0.25, -0.2) is 0 Å². The number of aliphatic hydroxyl groups is 1. The van der Waals surface area contributed by atoms with Crippen molar-refractivity contribution < 1.29 is 34.0 Å². The van der Waals surface area contributed by atoms with Gasteiger partial charge in [0, 0.05) is 25.7 Å². The van der Waals surface area contributed by atoms with Crippen molar-refractivity contribution >= 4 is 11.9 Å². The van der Waals surface area contributed by atoms with Crippen molar-refractivity contribution in [3.8, 4) is 11.5 Å². The number of phenols is 1. The SMILES string of the molecule is COc1cc(CC2(C(CC(CCCC(C)O)OC(C)=O)OC(C)=O)CCNCC2)ccc1O. The number of methoxy groups -OCH3 is 1. The van der Waals surface area contributed by atoms with Gasteiger partial charge in [-0.05, 0) is 76.2 Å². The van der Waals surface area contributed by atoms with Gasteiger partial charge in [0.15, 0.2) is 11.5 Å². The lowest BCUT2D eigenvalue weighted by molar-refractivity contribution is -0.162. The minimum Gasteiger partial charge on any atom is -0.504 e. The first-order valence-corrected chi connectivity index (χ1v) is 11.7. The number of piperidine rings is 1. The van der Waals surface area contributed by atoms with E-state index >= 15 is 0 Å². The summed E-state index contributed by atoms with van der Waals surface area (Å²) in [7, 11) is 1.51. The molecule has 33 heavy (non-hydrogen) atoms. The Kier molecular flexibility index (Phi) is 10.4.